The SMILES string of the molecule is C=CCCC1CCCC/C1=C(/CC=C)c1ccccc1. The monoisotopic (exact) mass is 266 g/mol. The lowest BCUT2D eigenvalue weighted by Crippen LogP contribution is -2.12. The lowest BCUT2D eigenvalue weighted by atomic mass is 9.77. The fourth-order valence-corrected chi connectivity index (χ4v) is 3.34. The molecule has 0 N–H and O–H groups in total. The van der Waals surface area contributed by atoms with Crippen molar-refractivity contribution >= 4 is 5.57 Å². The fraction of sp³-hybridized carbons (Fsp3) is 0.400. The Balaban J connectivity index is 2.34. The van der Waals surface area contributed by atoms with Crippen LogP contribution in [0, 0.1) is 5.92 Å². The van der Waals surface area contributed by atoms with Crippen molar-refractivity contribution in [1.29, 1.82) is 0 Å². The zero-order valence-corrected chi connectivity index (χ0v) is 12.5. The van der Waals surface area contributed by atoms with Crippen LogP contribution in [0.25, 0.3) is 5.57 Å². The molecular weight excluding hydrogens is 240 g/mol. The average molecular weight is 266 g/mol. The van der Waals surface area contributed by atoms with Gasteiger partial charge in [0.1, 0.15) is 0 Å². The third kappa shape index (κ3) is 3.72. The Bertz CT molecular complexity index is 464. The molecule has 0 aromatic heterocycles. The van der Waals surface area contributed by atoms with Crippen LogP contribution in [0.15, 0.2) is 61.2 Å². The van der Waals surface area contributed by atoms with Gasteiger partial charge in [-0.05, 0) is 55.6 Å². The molecule has 2 rings (SSSR count). The molecule has 0 heteroatoms. The van der Waals surface area contributed by atoms with Crippen LogP contribution in [-0.2, 0) is 0 Å². The van der Waals surface area contributed by atoms with Gasteiger partial charge >= 0.3 is 0 Å². The smallest absolute Gasteiger partial charge is 0.00945 e. The van der Waals surface area contributed by atoms with Crippen LogP contribution in [0.3, 0.4) is 0 Å². The lowest BCUT2D eigenvalue weighted by molar-refractivity contribution is 0.432. The van der Waals surface area contributed by atoms with Crippen LogP contribution in [0.1, 0.15) is 50.5 Å². The topological polar surface area (TPSA) is 0 Å². The lowest BCUT2D eigenvalue weighted by Gasteiger charge is -2.28. The summed E-state index contributed by atoms with van der Waals surface area (Å²) in [6.45, 7) is 7.83. The van der Waals surface area contributed by atoms with Gasteiger partial charge in [0.15, 0.2) is 0 Å². The van der Waals surface area contributed by atoms with E-state index in [2.05, 4.69) is 55.6 Å². The molecule has 1 unspecified atom stereocenters. The maximum absolute atomic E-state index is 3.96. The summed E-state index contributed by atoms with van der Waals surface area (Å²) < 4.78 is 0. The van der Waals surface area contributed by atoms with E-state index in [1.54, 1.807) is 5.57 Å². The van der Waals surface area contributed by atoms with Crippen molar-refractivity contribution in [2.75, 3.05) is 0 Å². The maximum atomic E-state index is 3.96. The van der Waals surface area contributed by atoms with Crippen molar-refractivity contribution in [3.8, 4) is 0 Å². The number of rotatable bonds is 6. The summed E-state index contributed by atoms with van der Waals surface area (Å²) in [5.41, 5.74) is 4.59. The Morgan fingerprint density at radius 1 is 1.10 bits per heavy atom. The van der Waals surface area contributed by atoms with Gasteiger partial charge in [-0.3, -0.25) is 0 Å². The second kappa shape index (κ2) is 7.89. The second-order valence-electron chi connectivity index (χ2n) is 5.67. The highest BCUT2D eigenvalue weighted by atomic mass is 14.3. The number of allylic oxidation sites excluding steroid dienone is 4. The van der Waals surface area contributed by atoms with E-state index in [0.29, 0.717) is 0 Å². The highest BCUT2D eigenvalue weighted by Crippen LogP contribution is 2.39. The van der Waals surface area contributed by atoms with E-state index in [1.165, 1.54) is 43.2 Å². The molecule has 0 heterocycles. The Hall–Kier alpha value is -1.56. The molecule has 0 saturated heterocycles. The van der Waals surface area contributed by atoms with E-state index >= 15 is 0 Å². The van der Waals surface area contributed by atoms with Gasteiger partial charge in [0.2, 0.25) is 0 Å². The molecule has 0 radical (unpaired) electrons. The number of hydrogen-bond donors (Lipinski definition) is 0. The molecule has 0 spiro atoms. The van der Waals surface area contributed by atoms with Gasteiger partial charge < -0.3 is 0 Å². The Morgan fingerprint density at radius 3 is 2.60 bits per heavy atom. The Kier molecular flexibility index (Phi) is 5.86. The van der Waals surface area contributed by atoms with Crippen LogP contribution >= 0.6 is 0 Å². The standard InChI is InChI=1S/C20H26/c1-3-5-12-17-15-9-10-16-20(17)19(11-4-2)18-13-7-6-8-14-18/h3-4,6-8,13-14,17H,1-2,5,9-12,15-16H2/b20-19+. The van der Waals surface area contributed by atoms with E-state index in [1.807, 2.05) is 0 Å². The van der Waals surface area contributed by atoms with Crippen molar-refractivity contribution in [2.45, 2.75) is 44.9 Å². The second-order valence-corrected chi connectivity index (χ2v) is 5.67. The van der Waals surface area contributed by atoms with E-state index in [0.717, 1.165) is 18.8 Å². The third-order valence-electron chi connectivity index (χ3n) is 4.32. The van der Waals surface area contributed by atoms with E-state index in [-0.39, 0.29) is 0 Å². The van der Waals surface area contributed by atoms with Crippen molar-refractivity contribution in [1.82, 2.24) is 0 Å². The predicted molar refractivity (Wildman–Crippen MR) is 89.6 cm³/mol. The van der Waals surface area contributed by atoms with Crippen LogP contribution in [-0.4, -0.2) is 0 Å². The molecule has 1 aliphatic carbocycles. The summed E-state index contributed by atoms with van der Waals surface area (Å²) in [5, 5.41) is 0. The predicted octanol–water partition coefficient (Wildman–Crippen LogP) is 6.17. The molecule has 0 nitrogen and oxygen atoms in total. The molecule has 1 fully saturated rings. The minimum atomic E-state index is 0.747. The van der Waals surface area contributed by atoms with Gasteiger partial charge in [-0.25, -0.2) is 0 Å². The van der Waals surface area contributed by atoms with Crippen LogP contribution in [0.5, 0.6) is 0 Å². The number of hydrogen-bond acceptors (Lipinski definition) is 0. The van der Waals surface area contributed by atoms with Crippen molar-refractivity contribution < 1.29 is 0 Å². The van der Waals surface area contributed by atoms with E-state index in [9.17, 15) is 0 Å². The van der Waals surface area contributed by atoms with Crippen LogP contribution in [0.2, 0.25) is 0 Å². The maximum Gasteiger partial charge on any atom is -0.00945 e. The van der Waals surface area contributed by atoms with Crippen LogP contribution in [0.4, 0.5) is 0 Å². The molecule has 0 bridgehead atoms. The first-order valence-corrected chi connectivity index (χ1v) is 7.86. The molecule has 1 atom stereocenters. The zero-order chi connectivity index (χ0) is 14.2. The first-order valence-electron chi connectivity index (χ1n) is 7.86. The fourth-order valence-electron chi connectivity index (χ4n) is 3.34. The molecular formula is C20H26. The van der Waals surface area contributed by atoms with Crippen molar-refractivity contribution in [3.63, 3.8) is 0 Å². The summed E-state index contributed by atoms with van der Waals surface area (Å²) in [7, 11) is 0. The molecule has 106 valence electrons. The highest BCUT2D eigenvalue weighted by molar-refractivity contribution is 5.70. The summed E-state index contributed by atoms with van der Waals surface area (Å²) >= 11 is 0. The van der Waals surface area contributed by atoms with Crippen LogP contribution < -0.4 is 0 Å². The number of benzene rings is 1. The summed E-state index contributed by atoms with van der Waals surface area (Å²) in [6.07, 6.45) is 12.8. The molecule has 20 heavy (non-hydrogen) atoms. The summed E-state index contributed by atoms with van der Waals surface area (Å²) in [4.78, 5) is 0. The Labute approximate surface area is 123 Å². The molecule has 1 aliphatic rings. The average Bonchev–Trinajstić information content (AvgIpc) is 2.52. The highest BCUT2D eigenvalue weighted by Gasteiger charge is 2.21. The van der Waals surface area contributed by atoms with Gasteiger partial charge in [0, 0.05) is 0 Å². The quantitative estimate of drug-likeness (QED) is 0.540. The molecule has 1 aromatic rings. The molecule has 0 amide bonds. The van der Waals surface area contributed by atoms with E-state index in [4.69, 9.17) is 0 Å². The van der Waals surface area contributed by atoms with Crippen molar-refractivity contribution in [3.05, 3.63) is 66.8 Å². The largest absolute Gasteiger partial charge is 0.103 e. The minimum absolute atomic E-state index is 0.747. The minimum Gasteiger partial charge on any atom is -0.103 e. The van der Waals surface area contributed by atoms with Gasteiger partial charge in [-0.1, -0.05) is 54.5 Å². The zero-order valence-electron chi connectivity index (χ0n) is 12.5. The van der Waals surface area contributed by atoms with Gasteiger partial charge in [-0.2, -0.15) is 0 Å². The Morgan fingerprint density at radius 2 is 1.90 bits per heavy atom. The van der Waals surface area contributed by atoms with Gasteiger partial charge in [-0.15, -0.1) is 13.2 Å². The molecule has 1 aromatic carbocycles. The third-order valence-corrected chi connectivity index (χ3v) is 4.32. The first kappa shape index (κ1) is 14.8. The molecule has 0 aliphatic heterocycles. The van der Waals surface area contributed by atoms with Gasteiger partial charge in [0.05, 0.1) is 0 Å². The summed E-state index contributed by atoms with van der Waals surface area (Å²) in [6, 6.07) is 10.9. The van der Waals surface area contributed by atoms with Gasteiger partial charge in [0.25, 0.3) is 0 Å². The summed E-state index contributed by atoms with van der Waals surface area (Å²) in [5.74, 6) is 0.747. The first-order chi connectivity index (χ1) is 9.86. The van der Waals surface area contributed by atoms with Crippen molar-refractivity contribution in [2.24, 2.45) is 5.92 Å². The van der Waals surface area contributed by atoms with E-state index < -0.39 is 0 Å². The normalized spacial score (nSPS) is 21.3. The molecule has 1 saturated carbocycles.